The van der Waals surface area contributed by atoms with E-state index in [0.717, 1.165) is 22.9 Å². The highest BCUT2D eigenvalue weighted by Gasteiger charge is 2.23. The summed E-state index contributed by atoms with van der Waals surface area (Å²) in [4.78, 5) is 25.8. The van der Waals surface area contributed by atoms with Crippen LogP contribution in [0.25, 0.3) is 10.9 Å². The number of nitrogens with zero attached hydrogens (tertiary/aromatic N) is 1. The lowest BCUT2D eigenvalue weighted by atomic mass is 10.1. The van der Waals surface area contributed by atoms with Crippen LogP contribution in [0.2, 0.25) is 0 Å². The van der Waals surface area contributed by atoms with Gasteiger partial charge in [-0.05, 0) is 25.0 Å². The molecule has 0 spiro atoms. The molecule has 0 saturated heterocycles. The zero-order valence-corrected chi connectivity index (χ0v) is 15.7. The summed E-state index contributed by atoms with van der Waals surface area (Å²) in [6, 6.07) is 17.5. The highest BCUT2D eigenvalue weighted by Crippen LogP contribution is 2.26. The first-order valence-corrected chi connectivity index (χ1v) is 9.27. The molecule has 2 aromatic carbocycles. The number of nitrogens with one attached hydrogen (secondary N) is 1. The summed E-state index contributed by atoms with van der Waals surface area (Å²) in [7, 11) is 0. The zero-order valence-electron chi connectivity index (χ0n) is 15.7. The maximum Gasteiger partial charge on any atom is 0.345 e. The Balaban J connectivity index is 2.19. The molecule has 3 aromatic rings. The van der Waals surface area contributed by atoms with Gasteiger partial charge in [0.2, 0.25) is 0 Å². The van der Waals surface area contributed by atoms with Crippen LogP contribution in [0.5, 0.6) is 0 Å². The van der Waals surface area contributed by atoms with Crippen molar-refractivity contribution >= 4 is 22.6 Å². The van der Waals surface area contributed by atoms with Crippen LogP contribution in [0, 0.1) is 0 Å². The lowest BCUT2D eigenvalue weighted by Gasteiger charge is -2.18. The van der Waals surface area contributed by atoms with Crippen molar-refractivity contribution in [3.05, 3.63) is 76.1 Å². The number of hydrogen-bond donors (Lipinski definition) is 1. The van der Waals surface area contributed by atoms with Crippen molar-refractivity contribution in [1.29, 1.82) is 0 Å². The fraction of sp³-hybridized carbons (Fsp3) is 0.273. The molecule has 0 aliphatic heterocycles. The average Bonchev–Trinajstić information content (AvgIpc) is 2.69. The number of benzene rings is 2. The molecule has 0 atom stereocenters. The number of ether oxygens (including phenoxy) is 1. The van der Waals surface area contributed by atoms with Crippen LogP contribution in [0.4, 0.5) is 5.69 Å². The normalized spacial score (nSPS) is 10.7. The van der Waals surface area contributed by atoms with Crippen molar-refractivity contribution in [3.8, 4) is 0 Å². The summed E-state index contributed by atoms with van der Waals surface area (Å²) in [5.74, 6) is -0.589. The second kappa shape index (κ2) is 8.54. The molecule has 0 bridgehead atoms. The van der Waals surface area contributed by atoms with Gasteiger partial charge < -0.3 is 14.6 Å². The van der Waals surface area contributed by atoms with Gasteiger partial charge in [0.1, 0.15) is 5.56 Å². The highest BCUT2D eigenvalue weighted by molar-refractivity contribution is 6.05. The van der Waals surface area contributed by atoms with Gasteiger partial charge in [0.25, 0.3) is 5.56 Å². The molecule has 0 radical (unpaired) electrons. The third-order valence-corrected chi connectivity index (χ3v) is 4.41. The number of pyridine rings is 1. The van der Waals surface area contributed by atoms with E-state index in [9.17, 15) is 9.59 Å². The molecule has 0 aliphatic carbocycles. The lowest BCUT2D eigenvalue weighted by Crippen LogP contribution is -2.29. The van der Waals surface area contributed by atoms with Crippen molar-refractivity contribution in [3.63, 3.8) is 0 Å². The maximum absolute atomic E-state index is 13.1. The van der Waals surface area contributed by atoms with Crippen molar-refractivity contribution in [1.82, 2.24) is 4.57 Å². The van der Waals surface area contributed by atoms with Crippen molar-refractivity contribution < 1.29 is 9.53 Å². The van der Waals surface area contributed by atoms with Crippen LogP contribution in [0.3, 0.4) is 0 Å². The van der Waals surface area contributed by atoms with E-state index in [-0.39, 0.29) is 17.7 Å². The second-order valence-corrected chi connectivity index (χ2v) is 6.28. The fourth-order valence-electron chi connectivity index (χ4n) is 3.21. The molecular formula is C22H24N2O3. The molecule has 0 unspecified atom stereocenters. The topological polar surface area (TPSA) is 60.3 Å². The zero-order chi connectivity index (χ0) is 19.2. The van der Waals surface area contributed by atoms with Gasteiger partial charge in [-0.2, -0.15) is 0 Å². The molecule has 0 aliphatic rings. The minimum absolute atomic E-state index is 0.0694. The number of rotatable bonds is 7. The number of esters is 1. The summed E-state index contributed by atoms with van der Waals surface area (Å²) in [6.45, 7) is 5.02. The Morgan fingerprint density at radius 3 is 2.44 bits per heavy atom. The number of carbonyl (C=O) groups excluding carboxylic acids is 1. The first-order chi connectivity index (χ1) is 13.2. The molecule has 5 nitrogen and oxygen atoms in total. The van der Waals surface area contributed by atoms with Gasteiger partial charge in [0, 0.05) is 18.5 Å². The van der Waals surface area contributed by atoms with Crippen LogP contribution in [0.1, 0.15) is 36.2 Å². The number of fused-ring (bicyclic) bond motifs is 1. The second-order valence-electron chi connectivity index (χ2n) is 6.28. The Labute approximate surface area is 158 Å². The van der Waals surface area contributed by atoms with E-state index in [2.05, 4.69) is 5.32 Å². The minimum Gasteiger partial charge on any atom is -0.462 e. The third kappa shape index (κ3) is 3.87. The molecule has 140 valence electrons. The number of aryl methyl sites for hydroxylation is 1. The standard InChI is InChI=1S/C22H24N2O3/c1-3-14-24-18-13-9-8-12-17(18)20(19(21(24)25)22(26)27-4-2)23-15-16-10-6-5-7-11-16/h5-13,23H,3-4,14-15H2,1-2H3. The Hall–Kier alpha value is -3.08. The predicted molar refractivity (Wildman–Crippen MR) is 108 cm³/mol. The van der Waals surface area contributed by atoms with E-state index in [1.807, 2.05) is 61.5 Å². The summed E-state index contributed by atoms with van der Waals surface area (Å²) < 4.78 is 6.85. The van der Waals surface area contributed by atoms with Gasteiger partial charge in [-0.25, -0.2) is 4.79 Å². The summed E-state index contributed by atoms with van der Waals surface area (Å²) in [5, 5.41) is 4.15. The smallest absolute Gasteiger partial charge is 0.345 e. The van der Waals surface area contributed by atoms with Gasteiger partial charge in [0.15, 0.2) is 0 Å². The van der Waals surface area contributed by atoms with Crippen LogP contribution in [-0.2, 0) is 17.8 Å². The molecule has 0 amide bonds. The lowest BCUT2D eigenvalue weighted by molar-refractivity contribution is 0.0525. The quantitative estimate of drug-likeness (QED) is 0.638. The molecule has 1 N–H and O–H groups in total. The molecule has 1 heterocycles. The minimum atomic E-state index is -0.589. The van der Waals surface area contributed by atoms with E-state index >= 15 is 0 Å². The van der Waals surface area contributed by atoms with Gasteiger partial charge >= 0.3 is 5.97 Å². The summed E-state index contributed by atoms with van der Waals surface area (Å²) >= 11 is 0. The molecule has 0 fully saturated rings. The fourth-order valence-corrected chi connectivity index (χ4v) is 3.21. The molecule has 27 heavy (non-hydrogen) atoms. The first kappa shape index (κ1) is 18.7. The SMILES string of the molecule is CCCn1c(=O)c(C(=O)OCC)c(NCc2ccccc2)c2ccccc21. The maximum atomic E-state index is 13.1. The third-order valence-electron chi connectivity index (χ3n) is 4.41. The van der Waals surface area contributed by atoms with Gasteiger partial charge in [-0.1, -0.05) is 55.5 Å². The van der Waals surface area contributed by atoms with Crippen LogP contribution < -0.4 is 10.9 Å². The van der Waals surface area contributed by atoms with Crippen LogP contribution >= 0.6 is 0 Å². The van der Waals surface area contributed by atoms with E-state index in [4.69, 9.17) is 4.74 Å². The van der Waals surface area contributed by atoms with E-state index in [1.165, 1.54) is 0 Å². The number of aromatic nitrogens is 1. The van der Waals surface area contributed by atoms with Crippen molar-refractivity contribution in [2.75, 3.05) is 11.9 Å². The Bertz CT molecular complexity index is 994. The Kier molecular flexibility index (Phi) is 5.91. The van der Waals surface area contributed by atoms with Crippen LogP contribution in [-0.4, -0.2) is 17.1 Å². The van der Waals surface area contributed by atoms with Gasteiger partial charge in [-0.3, -0.25) is 4.79 Å². The van der Waals surface area contributed by atoms with Gasteiger partial charge in [0.05, 0.1) is 17.8 Å². The number of carbonyl (C=O) groups is 1. The number of para-hydroxylation sites is 1. The highest BCUT2D eigenvalue weighted by atomic mass is 16.5. The van der Waals surface area contributed by atoms with Crippen molar-refractivity contribution in [2.45, 2.75) is 33.4 Å². The summed E-state index contributed by atoms with van der Waals surface area (Å²) in [6.07, 6.45) is 0.795. The largest absolute Gasteiger partial charge is 0.462 e. The summed E-state index contributed by atoms with van der Waals surface area (Å²) in [5.41, 5.74) is 2.16. The van der Waals surface area contributed by atoms with E-state index < -0.39 is 5.97 Å². The molecule has 3 rings (SSSR count). The van der Waals surface area contributed by atoms with Crippen LogP contribution in [0.15, 0.2) is 59.4 Å². The number of anilines is 1. The Morgan fingerprint density at radius 1 is 1.04 bits per heavy atom. The monoisotopic (exact) mass is 364 g/mol. The first-order valence-electron chi connectivity index (χ1n) is 9.27. The predicted octanol–water partition coefficient (Wildman–Crippen LogP) is 4.20. The van der Waals surface area contributed by atoms with Gasteiger partial charge in [-0.15, -0.1) is 0 Å². The van der Waals surface area contributed by atoms with Crippen molar-refractivity contribution in [2.24, 2.45) is 0 Å². The average molecular weight is 364 g/mol. The molecule has 1 aromatic heterocycles. The molecule has 0 saturated carbocycles. The molecular weight excluding hydrogens is 340 g/mol. The molecule has 5 heteroatoms. The number of hydrogen-bond acceptors (Lipinski definition) is 4. The van der Waals surface area contributed by atoms with E-state index in [1.54, 1.807) is 11.5 Å². The Morgan fingerprint density at radius 2 is 1.74 bits per heavy atom. The van der Waals surface area contributed by atoms with E-state index in [0.29, 0.717) is 18.8 Å².